The van der Waals surface area contributed by atoms with Crippen LogP contribution in [0.15, 0.2) is 16.7 Å². The molecule has 0 radical (unpaired) electrons. The Hall–Kier alpha value is -2.28. The van der Waals surface area contributed by atoms with E-state index in [1.54, 1.807) is 21.3 Å². The summed E-state index contributed by atoms with van der Waals surface area (Å²) in [6.45, 7) is 1.85. The zero-order valence-electron chi connectivity index (χ0n) is 12.9. The van der Waals surface area contributed by atoms with Crippen molar-refractivity contribution in [2.24, 2.45) is 0 Å². The van der Waals surface area contributed by atoms with Gasteiger partial charge in [-0.15, -0.1) is 0 Å². The predicted molar refractivity (Wildman–Crippen MR) is 79.6 cm³/mol. The second-order valence-corrected chi connectivity index (χ2v) is 5.06. The highest BCUT2D eigenvalue weighted by molar-refractivity contribution is 5.66. The first kappa shape index (κ1) is 14.6. The molecule has 0 saturated carbocycles. The molecule has 3 rings (SSSR count). The Labute approximate surface area is 128 Å². The lowest BCUT2D eigenvalue weighted by Crippen LogP contribution is -2.08. The second kappa shape index (κ2) is 6.23. The number of methoxy groups -OCH3 is 3. The van der Waals surface area contributed by atoms with Gasteiger partial charge in [-0.3, -0.25) is 0 Å². The zero-order valence-corrected chi connectivity index (χ0v) is 12.9. The van der Waals surface area contributed by atoms with Crippen molar-refractivity contribution in [1.82, 2.24) is 15.5 Å². The summed E-state index contributed by atoms with van der Waals surface area (Å²) in [4.78, 5) is 4.50. The fraction of sp³-hybridized carbons (Fsp3) is 0.467. The van der Waals surface area contributed by atoms with Crippen molar-refractivity contribution in [3.8, 4) is 28.6 Å². The molecular formula is C15H19N3O4. The van der Waals surface area contributed by atoms with Gasteiger partial charge in [-0.05, 0) is 25.1 Å². The highest BCUT2D eigenvalue weighted by Crippen LogP contribution is 2.40. The lowest BCUT2D eigenvalue weighted by atomic mass is 10.1. The third-order valence-electron chi connectivity index (χ3n) is 3.77. The summed E-state index contributed by atoms with van der Waals surface area (Å²) in [6.07, 6.45) is 1.01. The van der Waals surface area contributed by atoms with E-state index in [1.165, 1.54) is 0 Å². The van der Waals surface area contributed by atoms with E-state index in [0.717, 1.165) is 25.1 Å². The molecule has 1 atom stereocenters. The van der Waals surface area contributed by atoms with Gasteiger partial charge in [0.2, 0.25) is 17.5 Å². The second-order valence-electron chi connectivity index (χ2n) is 5.06. The summed E-state index contributed by atoms with van der Waals surface area (Å²) in [6, 6.07) is 3.62. The van der Waals surface area contributed by atoms with E-state index in [0.29, 0.717) is 29.0 Å². The highest BCUT2D eigenvalue weighted by atomic mass is 16.5. The number of benzene rings is 1. The van der Waals surface area contributed by atoms with Gasteiger partial charge >= 0.3 is 0 Å². The average molecular weight is 305 g/mol. The van der Waals surface area contributed by atoms with Crippen molar-refractivity contribution in [1.29, 1.82) is 0 Å². The maximum absolute atomic E-state index is 5.39. The molecule has 1 fully saturated rings. The van der Waals surface area contributed by atoms with Crippen LogP contribution in [0.2, 0.25) is 0 Å². The highest BCUT2D eigenvalue weighted by Gasteiger charge is 2.24. The minimum absolute atomic E-state index is 0.281. The van der Waals surface area contributed by atoms with Gasteiger partial charge in [0, 0.05) is 12.1 Å². The van der Waals surface area contributed by atoms with Gasteiger partial charge in [0.15, 0.2) is 11.5 Å². The Morgan fingerprint density at radius 3 is 2.41 bits per heavy atom. The van der Waals surface area contributed by atoms with Crippen LogP contribution in [0.4, 0.5) is 0 Å². The fourth-order valence-electron chi connectivity index (χ4n) is 2.59. The minimum atomic E-state index is 0.281. The molecule has 0 aliphatic carbocycles. The lowest BCUT2D eigenvalue weighted by Gasteiger charge is -2.12. The number of hydrogen-bond acceptors (Lipinski definition) is 7. The number of nitrogens with zero attached hydrogens (tertiary/aromatic N) is 2. The van der Waals surface area contributed by atoms with Crippen LogP contribution in [0.25, 0.3) is 11.4 Å². The number of aromatic nitrogens is 2. The molecule has 1 saturated heterocycles. The molecule has 1 aliphatic heterocycles. The molecule has 0 unspecified atom stereocenters. The van der Waals surface area contributed by atoms with E-state index in [9.17, 15) is 0 Å². The van der Waals surface area contributed by atoms with Gasteiger partial charge in [0.05, 0.1) is 27.2 Å². The SMILES string of the molecule is COc1cc(-c2noc([C@@H]3CCNC3)n2)cc(OC)c1OC. The largest absolute Gasteiger partial charge is 0.493 e. The van der Waals surface area contributed by atoms with Crippen molar-refractivity contribution in [2.45, 2.75) is 12.3 Å². The molecule has 118 valence electrons. The molecule has 22 heavy (non-hydrogen) atoms. The first-order valence-corrected chi connectivity index (χ1v) is 7.11. The molecule has 1 aromatic carbocycles. The van der Waals surface area contributed by atoms with Gasteiger partial charge < -0.3 is 24.1 Å². The molecule has 1 N–H and O–H groups in total. The number of hydrogen-bond donors (Lipinski definition) is 1. The van der Waals surface area contributed by atoms with Crippen molar-refractivity contribution in [3.05, 3.63) is 18.0 Å². The third-order valence-corrected chi connectivity index (χ3v) is 3.77. The first-order chi connectivity index (χ1) is 10.8. The van der Waals surface area contributed by atoms with Crippen LogP contribution < -0.4 is 19.5 Å². The number of rotatable bonds is 5. The summed E-state index contributed by atoms with van der Waals surface area (Å²) in [7, 11) is 4.72. The van der Waals surface area contributed by atoms with Gasteiger partial charge in [0.25, 0.3) is 0 Å². The van der Waals surface area contributed by atoms with E-state index in [-0.39, 0.29) is 5.92 Å². The van der Waals surface area contributed by atoms with Crippen molar-refractivity contribution >= 4 is 0 Å². The van der Waals surface area contributed by atoms with Gasteiger partial charge in [-0.1, -0.05) is 5.16 Å². The fourth-order valence-corrected chi connectivity index (χ4v) is 2.59. The quantitative estimate of drug-likeness (QED) is 0.903. The van der Waals surface area contributed by atoms with E-state index >= 15 is 0 Å². The zero-order chi connectivity index (χ0) is 15.5. The number of nitrogens with one attached hydrogen (secondary N) is 1. The van der Waals surface area contributed by atoms with Crippen molar-refractivity contribution < 1.29 is 18.7 Å². The van der Waals surface area contributed by atoms with E-state index in [1.807, 2.05) is 12.1 Å². The van der Waals surface area contributed by atoms with Crippen molar-refractivity contribution in [2.75, 3.05) is 34.4 Å². The van der Waals surface area contributed by atoms with Crippen LogP contribution >= 0.6 is 0 Å². The Bertz CT molecular complexity index is 625. The van der Waals surface area contributed by atoms with Gasteiger partial charge in [0.1, 0.15) is 0 Å². The van der Waals surface area contributed by atoms with E-state index in [4.69, 9.17) is 18.7 Å². The van der Waals surface area contributed by atoms with Crippen LogP contribution in [0.3, 0.4) is 0 Å². The molecule has 0 bridgehead atoms. The predicted octanol–water partition coefficient (Wildman–Crippen LogP) is 1.84. The summed E-state index contributed by atoms with van der Waals surface area (Å²) < 4.78 is 21.4. The van der Waals surface area contributed by atoms with Crippen LogP contribution in [0.5, 0.6) is 17.2 Å². The van der Waals surface area contributed by atoms with Gasteiger partial charge in [-0.2, -0.15) is 4.98 Å². The maximum Gasteiger partial charge on any atom is 0.231 e. The van der Waals surface area contributed by atoms with Crippen LogP contribution in [-0.4, -0.2) is 44.6 Å². The molecule has 7 heteroatoms. The Kier molecular flexibility index (Phi) is 4.15. The molecule has 2 aromatic rings. The molecular weight excluding hydrogens is 286 g/mol. The number of ether oxygens (including phenoxy) is 3. The molecule has 2 heterocycles. The molecule has 0 spiro atoms. The molecule has 0 amide bonds. The van der Waals surface area contributed by atoms with Crippen LogP contribution in [-0.2, 0) is 0 Å². The summed E-state index contributed by atoms with van der Waals surface area (Å²) in [5, 5.41) is 7.36. The lowest BCUT2D eigenvalue weighted by molar-refractivity contribution is 0.324. The van der Waals surface area contributed by atoms with E-state index in [2.05, 4.69) is 15.5 Å². The minimum Gasteiger partial charge on any atom is -0.493 e. The topological polar surface area (TPSA) is 78.6 Å². The Morgan fingerprint density at radius 2 is 1.86 bits per heavy atom. The normalized spacial score (nSPS) is 17.5. The first-order valence-electron chi connectivity index (χ1n) is 7.11. The molecule has 7 nitrogen and oxygen atoms in total. The monoisotopic (exact) mass is 305 g/mol. The van der Waals surface area contributed by atoms with Crippen LogP contribution in [0, 0.1) is 0 Å². The maximum atomic E-state index is 5.39. The molecule has 1 aromatic heterocycles. The van der Waals surface area contributed by atoms with Crippen molar-refractivity contribution in [3.63, 3.8) is 0 Å². The Balaban J connectivity index is 1.97. The summed E-state index contributed by atoms with van der Waals surface area (Å²) >= 11 is 0. The molecule has 1 aliphatic rings. The van der Waals surface area contributed by atoms with E-state index < -0.39 is 0 Å². The summed E-state index contributed by atoms with van der Waals surface area (Å²) in [5.74, 6) is 3.12. The van der Waals surface area contributed by atoms with Gasteiger partial charge in [-0.25, -0.2) is 0 Å². The average Bonchev–Trinajstić information content (AvgIpc) is 3.23. The third kappa shape index (κ3) is 2.59. The standard InChI is InChI=1S/C15H19N3O4/c1-19-11-6-10(7-12(20-2)13(11)21-3)14-17-15(22-18-14)9-4-5-16-8-9/h6-7,9,16H,4-5,8H2,1-3H3/t9-/m1/s1. The Morgan fingerprint density at radius 1 is 1.14 bits per heavy atom. The smallest absolute Gasteiger partial charge is 0.231 e. The van der Waals surface area contributed by atoms with Crippen LogP contribution in [0.1, 0.15) is 18.2 Å². The summed E-state index contributed by atoms with van der Waals surface area (Å²) in [5.41, 5.74) is 0.760.